The summed E-state index contributed by atoms with van der Waals surface area (Å²) in [5, 5.41) is 0. The lowest BCUT2D eigenvalue weighted by Gasteiger charge is -2.51. The van der Waals surface area contributed by atoms with E-state index in [1.165, 1.54) is 0 Å². The molecule has 0 bridgehead atoms. The lowest BCUT2D eigenvalue weighted by molar-refractivity contribution is -0.158. The summed E-state index contributed by atoms with van der Waals surface area (Å²) in [4.78, 5) is 0. The summed E-state index contributed by atoms with van der Waals surface area (Å²) in [6.07, 6.45) is -1.20. The molecule has 2 fully saturated rings. The molecule has 0 aromatic carbocycles. The van der Waals surface area contributed by atoms with Crippen molar-refractivity contribution >= 4 is 17.1 Å². The van der Waals surface area contributed by atoms with E-state index in [0.717, 1.165) is 0 Å². The summed E-state index contributed by atoms with van der Waals surface area (Å²) in [5.74, 6) is 0. The Morgan fingerprint density at radius 3 is 1.70 bits per heavy atom. The van der Waals surface area contributed by atoms with Crippen LogP contribution in [0, 0.1) is 0 Å². The standard InChI is InChI=1S/C19H40O6Si2/c1-12(2)26(13(3)4)22-11-16-17(18(20-9)19(21-10)23-16)24-27(25-26,14(5)6)15(7)8/h12-19H,11H2,1-10H3/t16-,17+,18+,19+/m1/s1. The normalized spacial score (nSPS) is 33.6. The predicted octanol–water partition coefficient (Wildman–Crippen LogP) is 4.33. The highest BCUT2D eigenvalue weighted by molar-refractivity contribution is 6.83. The molecule has 8 heteroatoms. The van der Waals surface area contributed by atoms with Crippen LogP contribution in [0.25, 0.3) is 0 Å². The molecule has 6 nitrogen and oxygen atoms in total. The van der Waals surface area contributed by atoms with Gasteiger partial charge in [0.2, 0.25) is 0 Å². The summed E-state index contributed by atoms with van der Waals surface area (Å²) in [6, 6.07) is 0. The Kier molecular flexibility index (Phi) is 7.75. The average molecular weight is 421 g/mol. The molecule has 2 aliphatic heterocycles. The molecule has 2 saturated heterocycles. The highest BCUT2D eigenvalue weighted by Gasteiger charge is 2.61. The number of rotatable bonds is 6. The fourth-order valence-electron chi connectivity index (χ4n) is 4.54. The smallest absolute Gasteiger partial charge is 0.335 e. The van der Waals surface area contributed by atoms with Crippen LogP contribution in [-0.2, 0) is 27.2 Å². The maximum absolute atomic E-state index is 7.16. The van der Waals surface area contributed by atoms with Crippen molar-refractivity contribution in [3.63, 3.8) is 0 Å². The van der Waals surface area contributed by atoms with E-state index in [0.29, 0.717) is 17.7 Å². The molecule has 0 aromatic heterocycles. The van der Waals surface area contributed by atoms with Crippen LogP contribution >= 0.6 is 0 Å². The van der Waals surface area contributed by atoms with Crippen LogP contribution in [0.5, 0.6) is 0 Å². The number of methoxy groups -OCH3 is 2. The fourth-order valence-corrected chi connectivity index (χ4v) is 15.8. The average Bonchev–Trinajstić information content (AvgIpc) is 2.89. The minimum Gasteiger partial charge on any atom is -0.414 e. The second-order valence-electron chi connectivity index (χ2n) is 9.04. The third kappa shape index (κ3) is 4.09. The molecule has 2 heterocycles. The van der Waals surface area contributed by atoms with Gasteiger partial charge in [-0.25, -0.2) is 0 Å². The van der Waals surface area contributed by atoms with Crippen LogP contribution in [0.15, 0.2) is 0 Å². The van der Waals surface area contributed by atoms with E-state index in [-0.39, 0.29) is 29.4 Å². The monoisotopic (exact) mass is 420 g/mol. The largest absolute Gasteiger partial charge is 0.414 e. The SMILES string of the molecule is CO[C@H]1O[C@@H]2CO[Si](C(C)C)(C(C)C)O[Si](C(C)C)(C(C)C)O[C@@H]2[C@@H]1OC. The van der Waals surface area contributed by atoms with Gasteiger partial charge in [-0.15, -0.1) is 0 Å². The molecule has 0 amide bonds. The first-order valence-electron chi connectivity index (χ1n) is 10.3. The second-order valence-corrected chi connectivity index (χ2v) is 17.9. The van der Waals surface area contributed by atoms with Gasteiger partial charge in [0, 0.05) is 14.2 Å². The van der Waals surface area contributed by atoms with E-state index >= 15 is 0 Å². The van der Waals surface area contributed by atoms with Crippen LogP contribution in [0.4, 0.5) is 0 Å². The van der Waals surface area contributed by atoms with Gasteiger partial charge in [-0.2, -0.15) is 0 Å². The molecule has 0 radical (unpaired) electrons. The molecular weight excluding hydrogens is 380 g/mol. The van der Waals surface area contributed by atoms with Crippen LogP contribution in [0.3, 0.4) is 0 Å². The van der Waals surface area contributed by atoms with Gasteiger partial charge in [-0.3, -0.25) is 0 Å². The number of ether oxygens (including phenoxy) is 3. The zero-order valence-electron chi connectivity index (χ0n) is 18.8. The minimum absolute atomic E-state index is 0.211. The van der Waals surface area contributed by atoms with E-state index in [2.05, 4.69) is 55.4 Å². The van der Waals surface area contributed by atoms with E-state index < -0.39 is 23.4 Å². The molecule has 160 valence electrons. The van der Waals surface area contributed by atoms with Crippen LogP contribution in [0.2, 0.25) is 22.2 Å². The van der Waals surface area contributed by atoms with Gasteiger partial charge in [0.05, 0.1) is 6.61 Å². The van der Waals surface area contributed by atoms with E-state index in [1.54, 1.807) is 14.2 Å². The molecular formula is C19H40O6Si2. The molecule has 27 heavy (non-hydrogen) atoms. The first kappa shape index (κ1) is 23.5. The summed E-state index contributed by atoms with van der Waals surface area (Å²) >= 11 is 0. The third-order valence-corrected chi connectivity index (χ3v) is 16.4. The third-order valence-electron chi connectivity index (χ3n) is 6.10. The molecule has 0 saturated carbocycles. The van der Waals surface area contributed by atoms with Crippen molar-refractivity contribution in [3.05, 3.63) is 0 Å². The number of hydrogen-bond donors (Lipinski definition) is 0. The Morgan fingerprint density at radius 2 is 1.30 bits per heavy atom. The Labute approximate surface area is 167 Å². The second kappa shape index (κ2) is 8.91. The summed E-state index contributed by atoms with van der Waals surface area (Å²) in [6.45, 7) is 18.2. The molecule has 0 spiro atoms. The zero-order valence-corrected chi connectivity index (χ0v) is 20.8. The van der Waals surface area contributed by atoms with Crippen LogP contribution < -0.4 is 0 Å². The van der Waals surface area contributed by atoms with Gasteiger partial charge >= 0.3 is 17.1 Å². The van der Waals surface area contributed by atoms with E-state index in [4.69, 9.17) is 27.2 Å². The Balaban J connectivity index is 2.54. The van der Waals surface area contributed by atoms with E-state index in [9.17, 15) is 0 Å². The maximum Gasteiger partial charge on any atom is 0.335 e. The zero-order chi connectivity index (χ0) is 20.6. The molecule has 2 aliphatic rings. The summed E-state index contributed by atoms with van der Waals surface area (Å²) in [5.41, 5.74) is 1.20. The lowest BCUT2D eigenvalue weighted by Crippen LogP contribution is -2.66. The van der Waals surface area contributed by atoms with Crippen molar-refractivity contribution in [2.45, 2.75) is 102 Å². The van der Waals surface area contributed by atoms with Gasteiger partial charge in [0.15, 0.2) is 6.29 Å². The summed E-state index contributed by atoms with van der Waals surface area (Å²) in [7, 11) is -1.85. The fraction of sp³-hybridized carbons (Fsp3) is 1.00. The topological polar surface area (TPSA) is 55.4 Å². The first-order chi connectivity index (χ1) is 12.6. The molecule has 0 unspecified atom stereocenters. The van der Waals surface area contributed by atoms with Gasteiger partial charge in [-0.1, -0.05) is 55.4 Å². The number of hydrogen-bond acceptors (Lipinski definition) is 6. The Hall–Kier alpha value is 0.194. The first-order valence-corrected chi connectivity index (χ1v) is 14.2. The Bertz CT molecular complexity index is 469. The van der Waals surface area contributed by atoms with Crippen molar-refractivity contribution in [2.75, 3.05) is 20.8 Å². The Morgan fingerprint density at radius 1 is 0.778 bits per heavy atom. The molecule has 0 aromatic rings. The highest BCUT2D eigenvalue weighted by Crippen LogP contribution is 2.47. The minimum atomic E-state index is -2.65. The van der Waals surface area contributed by atoms with Crippen molar-refractivity contribution in [1.82, 2.24) is 0 Å². The number of fused-ring (bicyclic) bond motifs is 1. The molecule has 4 atom stereocenters. The highest BCUT2D eigenvalue weighted by atomic mass is 28.5. The van der Waals surface area contributed by atoms with Crippen molar-refractivity contribution < 1.29 is 27.2 Å². The predicted molar refractivity (Wildman–Crippen MR) is 110 cm³/mol. The lowest BCUT2D eigenvalue weighted by atomic mass is 10.1. The maximum atomic E-state index is 7.16. The quantitative estimate of drug-likeness (QED) is 0.596. The van der Waals surface area contributed by atoms with Gasteiger partial charge < -0.3 is 27.2 Å². The molecule has 0 aliphatic carbocycles. The van der Waals surface area contributed by atoms with E-state index in [1.807, 2.05) is 0 Å². The van der Waals surface area contributed by atoms with Crippen LogP contribution in [-0.4, -0.2) is 62.6 Å². The van der Waals surface area contributed by atoms with Crippen molar-refractivity contribution in [1.29, 1.82) is 0 Å². The van der Waals surface area contributed by atoms with Crippen molar-refractivity contribution in [3.8, 4) is 0 Å². The van der Waals surface area contributed by atoms with Gasteiger partial charge in [-0.05, 0) is 22.2 Å². The molecule has 0 N–H and O–H groups in total. The summed E-state index contributed by atoms with van der Waals surface area (Å²) < 4.78 is 38.2. The van der Waals surface area contributed by atoms with Gasteiger partial charge in [0.1, 0.15) is 18.3 Å². The molecule has 2 rings (SSSR count). The van der Waals surface area contributed by atoms with Gasteiger partial charge in [0.25, 0.3) is 0 Å². The van der Waals surface area contributed by atoms with Crippen molar-refractivity contribution in [2.24, 2.45) is 0 Å². The van der Waals surface area contributed by atoms with Crippen LogP contribution in [0.1, 0.15) is 55.4 Å².